The van der Waals surface area contributed by atoms with Crippen molar-refractivity contribution >= 4 is 6.03 Å². The zero-order valence-corrected chi connectivity index (χ0v) is 10.1. The van der Waals surface area contributed by atoms with Gasteiger partial charge in [-0.25, -0.2) is 4.79 Å². The maximum absolute atomic E-state index is 11.7. The van der Waals surface area contributed by atoms with Gasteiger partial charge in [0.05, 0.1) is 13.2 Å². The number of hydrogen-bond acceptors (Lipinski definition) is 3. The molecule has 5 heteroatoms. The number of hydrogen-bond donors (Lipinski definition) is 1. The van der Waals surface area contributed by atoms with Crippen LogP contribution in [0.2, 0.25) is 0 Å². The van der Waals surface area contributed by atoms with E-state index in [2.05, 4.69) is 5.32 Å². The summed E-state index contributed by atoms with van der Waals surface area (Å²) < 4.78 is 9.89. The number of carbonyl (C=O) groups is 1. The molecule has 15 heavy (non-hydrogen) atoms. The first-order valence-corrected chi connectivity index (χ1v) is 5.15. The van der Waals surface area contributed by atoms with E-state index in [1.165, 1.54) is 0 Å². The van der Waals surface area contributed by atoms with Crippen LogP contribution in [0.25, 0.3) is 0 Å². The van der Waals surface area contributed by atoms with Gasteiger partial charge >= 0.3 is 6.03 Å². The van der Waals surface area contributed by atoms with Crippen LogP contribution in [0.15, 0.2) is 0 Å². The second-order valence-corrected chi connectivity index (χ2v) is 3.58. The second kappa shape index (κ2) is 8.49. The smallest absolute Gasteiger partial charge is 0.317 e. The van der Waals surface area contributed by atoms with Crippen molar-refractivity contribution in [3.05, 3.63) is 0 Å². The number of ether oxygens (including phenoxy) is 2. The average molecular weight is 218 g/mol. The third-order valence-electron chi connectivity index (χ3n) is 1.83. The molecule has 0 aliphatic rings. The number of carbonyl (C=O) groups excluding carboxylic acids is 1. The molecule has 0 heterocycles. The van der Waals surface area contributed by atoms with Crippen LogP contribution in [0, 0.1) is 0 Å². The van der Waals surface area contributed by atoms with Crippen LogP contribution in [-0.2, 0) is 9.47 Å². The van der Waals surface area contributed by atoms with Crippen molar-refractivity contribution in [1.29, 1.82) is 0 Å². The molecule has 0 unspecified atom stereocenters. The first-order chi connectivity index (χ1) is 7.11. The monoisotopic (exact) mass is 218 g/mol. The van der Waals surface area contributed by atoms with Gasteiger partial charge in [-0.05, 0) is 13.8 Å². The summed E-state index contributed by atoms with van der Waals surface area (Å²) in [4.78, 5) is 13.4. The molecule has 0 aromatic rings. The van der Waals surface area contributed by atoms with Crippen molar-refractivity contribution in [1.82, 2.24) is 10.2 Å². The minimum Gasteiger partial charge on any atom is -0.383 e. The second-order valence-electron chi connectivity index (χ2n) is 3.58. The molecule has 1 N–H and O–H groups in total. The van der Waals surface area contributed by atoms with Gasteiger partial charge in [0, 0.05) is 33.4 Å². The molecule has 0 rings (SSSR count). The Hall–Kier alpha value is -0.810. The van der Waals surface area contributed by atoms with Crippen molar-refractivity contribution < 1.29 is 14.3 Å². The lowest BCUT2D eigenvalue weighted by molar-refractivity contribution is 0.121. The Bertz CT molecular complexity index is 166. The summed E-state index contributed by atoms with van der Waals surface area (Å²) in [6.45, 7) is 6.10. The summed E-state index contributed by atoms with van der Waals surface area (Å²) in [5.74, 6) is 0. The zero-order chi connectivity index (χ0) is 11.7. The van der Waals surface area contributed by atoms with Crippen molar-refractivity contribution in [2.75, 3.05) is 40.5 Å². The normalized spacial score (nSPS) is 10.5. The highest BCUT2D eigenvalue weighted by Gasteiger charge is 2.13. The molecule has 0 aliphatic heterocycles. The molecular weight excluding hydrogens is 196 g/mol. The van der Waals surface area contributed by atoms with Crippen LogP contribution in [0.4, 0.5) is 4.79 Å². The summed E-state index contributed by atoms with van der Waals surface area (Å²) in [6.07, 6.45) is 0. The fourth-order valence-electron chi connectivity index (χ4n) is 1.06. The topological polar surface area (TPSA) is 50.8 Å². The average Bonchev–Trinajstić information content (AvgIpc) is 2.17. The van der Waals surface area contributed by atoms with Gasteiger partial charge in [0.25, 0.3) is 0 Å². The summed E-state index contributed by atoms with van der Waals surface area (Å²) in [5, 5.41) is 2.84. The fourth-order valence-corrected chi connectivity index (χ4v) is 1.06. The molecule has 0 aromatic carbocycles. The maximum atomic E-state index is 11.7. The Morgan fingerprint density at radius 2 is 1.67 bits per heavy atom. The van der Waals surface area contributed by atoms with Gasteiger partial charge in [0.15, 0.2) is 0 Å². The molecule has 90 valence electrons. The molecule has 0 aliphatic carbocycles. The molecule has 0 radical (unpaired) electrons. The Balaban J connectivity index is 4.01. The quantitative estimate of drug-likeness (QED) is 0.684. The summed E-state index contributed by atoms with van der Waals surface area (Å²) in [5.41, 5.74) is 0. The molecule has 0 fully saturated rings. The van der Waals surface area contributed by atoms with Crippen LogP contribution >= 0.6 is 0 Å². The summed E-state index contributed by atoms with van der Waals surface area (Å²) >= 11 is 0. The molecule has 0 spiro atoms. The molecule has 0 bridgehead atoms. The van der Waals surface area contributed by atoms with Gasteiger partial charge < -0.3 is 19.7 Å². The predicted molar refractivity (Wildman–Crippen MR) is 59.0 cm³/mol. The van der Waals surface area contributed by atoms with Gasteiger partial charge in [-0.3, -0.25) is 0 Å². The van der Waals surface area contributed by atoms with Crippen LogP contribution in [0.5, 0.6) is 0 Å². The molecular formula is C10H22N2O3. The minimum atomic E-state index is -0.0703. The van der Waals surface area contributed by atoms with Crippen LogP contribution in [0.1, 0.15) is 13.8 Å². The van der Waals surface area contributed by atoms with Crippen molar-refractivity contribution in [2.24, 2.45) is 0 Å². The molecule has 2 amide bonds. The highest BCUT2D eigenvalue weighted by Crippen LogP contribution is 1.92. The number of nitrogens with one attached hydrogen (secondary N) is 1. The van der Waals surface area contributed by atoms with Gasteiger partial charge in [-0.15, -0.1) is 0 Å². The number of nitrogens with zero attached hydrogens (tertiary/aromatic N) is 1. The highest BCUT2D eigenvalue weighted by atomic mass is 16.5. The van der Waals surface area contributed by atoms with E-state index in [0.29, 0.717) is 26.3 Å². The van der Waals surface area contributed by atoms with E-state index >= 15 is 0 Å². The summed E-state index contributed by atoms with van der Waals surface area (Å²) in [7, 11) is 3.24. The zero-order valence-electron chi connectivity index (χ0n) is 10.1. The molecule has 0 saturated carbocycles. The molecule has 0 saturated heterocycles. The van der Waals surface area contributed by atoms with Gasteiger partial charge in [-0.2, -0.15) is 0 Å². The van der Waals surface area contributed by atoms with Gasteiger partial charge in [0.2, 0.25) is 0 Å². The largest absolute Gasteiger partial charge is 0.383 e. The maximum Gasteiger partial charge on any atom is 0.317 e. The van der Waals surface area contributed by atoms with E-state index in [4.69, 9.17) is 9.47 Å². The van der Waals surface area contributed by atoms with Crippen molar-refractivity contribution in [2.45, 2.75) is 19.9 Å². The Morgan fingerprint density at radius 1 is 1.20 bits per heavy atom. The molecule has 0 aromatic heterocycles. The van der Waals surface area contributed by atoms with Crippen LogP contribution in [-0.4, -0.2) is 57.5 Å². The first kappa shape index (κ1) is 14.2. The summed E-state index contributed by atoms with van der Waals surface area (Å²) in [6, 6.07) is 0.0733. The van der Waals surface area contributed by atoms with Crippen molar-refractivity contribution in [3.8, 4) is 0 Å². The lowest BCUT2D eigenvalue weighted by Gasteiger charge is -2.23. The minimum absolute atomic E-state index is 0.0703. The lowest BCUT2D eigenvalue weighted by Crippen LogP contribution is -2.45. The predicted octanol–water partition coefficient (Wildman–Crippen LogP) is 0.699. The van der Waals surface area contributed by atoms with E-state index < -0.39 is 0 Å². The van der Waals surface area contributed by atoms with Gasteiger partial charge in [0.1, 0.15) is 0 Å². The van der Waals surface area contributed by atoms with E-state index in [1.54, 1.807) is 19.1 Å². The van der Waals surface area contributed by atoms with E-state index in [0.717, 1.165) is 0 Å². The van der Waals surface area contributed by atoms with Crippen LogP contribution in [0.3, 0.4) is 0 Å². The standard InChI is InChI=1S/C10H22N2O3/c1-9(2)11-10(13)12(5-7-14-3)6-8-15-4/h9H,5-8H2,1-4H3,(H,11,13). The first-order valence-electron chi connectivity index (χ1n) is 5.15. The molecule has 0 atom stereocenters. The third-order valence-corrected chi connectivity index (χ3v) is 1.83. The van der Waals surface area contributed by atoms with Gasteiger partial charge in [-0.1, -0.05) is 0 Å². The Kier molecular flexibility index (Phi) is 8.04. The fraction of sp³-hybridized carbons (Fsp3) is 0.900. The molecule has 5 nitrogen and oxygen atoms in total. The highest BCUT2D eigenvalue weighted by molar-refractivity contribution is 5.74. The third kappa shape index (κ3) is 7.16. The Morgan fingerprint density at radius 3 is 2.00 bits per heavy atom. The van der Waals surface area contributed by atoms with E-state index in [9.17, 15) is 4.79 Å². The number of urea groups is 1. The van der Waals surface area contributed by atoms with Crippen LogP contribution < -0.4 is 5.32 Å². The van der Waals surface area contributed by atoms with E-state index in [1.807, 2.05) is 13.8 Å². The van der Waals surface area contributed by atoms with Crippen molar-refractivity contribution in [3.63, 3.8) is 0 Å². The SMILES string of the molecule is COCCN(CCOC)C(=O)NC(C)C. The number of rotatable bonds is 7. The number of methoxy groups -OCH3 is 2. The number of amides is 2. The van der Waals surface area contributed by atoms with E-state index in [-0.39, 0.29) is 12.1 Å². The lowest BCUT2D eigenvalue weighted by atomic mass is 10.4. The Labute approximate surface area is 91.7 Å².